The summed E-state index contributed by atoms with van der Waals surface area (Å²) in [4.78, 5) is 26.6. The van der Waals surface area contributed by atoms with Crippen LogP contribution in [0.1, 0.15) is 41.6 Å². The first kappa shape index (κ1) is 21.2. The van der Waals surface area contributed by atoms with E-state index in [0.29, 0.717) is 37.2 Å². The molecule has 1 aliphatic rings. The zero-order valence-electron chi connectivity index (χ0n) is 16.2. The molecule has 0 radical (unpaired) electrons. The molecule has 2 amide bonds. The molecule has 29 heavy (non-hydrogen) atoms. The Morgan fingerprint density at radius 1 is 1.24 bits per heavy atom. The SMILES string of the molecule is Cc1cc(F)ccc1NC(=O)CCC1CCCN(C(=O)c2c(F)cccc2Cl)C1. The number of piperidine rings is 1. The number of carbonyl (C=O) groups is 2. The third-order valence-electron chi connectivity index (χ3n) is 5.23. The zero-order valence-corrected chi connectivity index (χ0v) is 16.9. The van der Waals surface area contributed by atoms with Gasteiger partial charge in [-0.2, -0.15) is 0 Å². The molecule has 0 aliphatic carbocycles. The lowest BCUT2D eigenvalue weighted by atomic mass is 9.92. The molecule has 1 atom stereocenters. The highest BCUT2D eigenvalue weighted by Crippen LogP contribution is 2.26. The summed E-state index contributed by atoms with van der Waals surface area (Å²) in [6, 6.07) is 8.41. The maximum absolute atomic E-state index is 14.1. The number of benzene rings is 2. The van der Waals surface area contributed by atoms with Crippen LogP contribution >= 0.6 is 11.6 Å². The van der Waals surface area contributed by atoms with Crippen LogP contribution in [-0.4, -0.2) is 29.8 Å². The molecule has 7 heteroatoms. The molecule has 0 aromatic heterocycles. The molecule has 0 saturated carbocycles. The van der Waals surface area contributed by atoms with Gasteiger partial charge in [0.2, 0.25) is 5.91 Å². The van der Waals surface area contributed by atoms with E-state index in [1.807, 2.05) is 0 Å². The Morgan fingerprint density at radius 2 is 2.03 bits per heavy atom. The summed E-state index contributed by atoms with van der Waals surface area (Å²) in [5.41, 5.74) is 1.15. The number of amides is 2. The lowest BCUT2D eigenvalue weighted by Crippen LogP contribution is -2.40. The van der Waals surface area contributed by atoms with Gasteiger partial charge in [-0.25, -0.2) is 8.78 Å². The molecule has 1 fully saturated rings. The number of nitrogens with zero attached hydrogens (tertiary/aromatic N) is 1. The van der Waals surface area contributed by atoms with Gasteiger partial charge in [0.25, 0.3) is 5.91 Å². The minimum Gasteiger partial charge on any atom is -0.338 e. The summed E-state index contributed by atoms with van der Waals surface area (Å²) >= 11 is 6.02. The number of halogens is 3. The average Bonchev–Trinajstić information content (AvgIpc) is 2.68. The van der Waals surface area contributed by atoms with Crippen molar-refractivity contribution in [3.8, 4) is 0 Å². The van der Waals surface area contributed by atoms with Gasteiger partial charge < -0.3 is 10.2 Å². The molecular weight excluding hydrogens is 398 g/mol. The summed E-state index contributed by atoms with van der Waals surface area (Å²) in [5, 5.41) is 2.90. The lowest BCUT2D eigenvalue weighted by molar-refractivity contribution is -0.116. The first-order valence-electron chi connectivity index (χ1n) is 9.64. The number of rotatable bonds is 5. The van der Waals surface area contributed by atoms with Crippen molar-refractivity contribution in [2.45, 2.75) is 32.6 Å². The van der Waals surface area contributed by atoms with Crippen LogP contribution in [0.5, 0.6) is 0 Å². The Labute approximate surface area is 173 Å². The minimum atomic E-state index is -0.626. The van der Waals surface area contributed by atoms with E-state index in [4.69, 9.17) is 11.6 Å². The van der Waals surface area contributed by atoms with Crippen molar-refractivity contribution in [3.05, 3.63) is 64.2 Å². The number of hydrogen-bond acceptors (Lipinski definition) is 2. The van der Waals surface area contributed by atoms with E-state index in [1.165, 1.54) is 30.3 Å². The highest BCUT2D eigenvalue weighted by Gasteiger charge is 2.27. The van der Waals surface area contributed by atoms with Gasteiger partial charge in [0, 0.05) is 25.2 Å². The number of carbonyl (C=O) groups excluding carboxylic acids is 2. The lowest BCUT2D eigenvalue weighted by Gasteiger charge is -2.33. The Balaban J connectivity index is 1.56. The molecule has 1 saturated heterocycles. The summed E-state index contributed by atoms with van der Waals surface area (Å²) in [6.07, 6.45) is 2.60. The fourth-order valence-electron chi connectivity index (χ4n) is 3.66. The molecule has 3 rings (SSSR count). The summed E-state index contributed by atoms with van der Waals surface area (Å²) < 4.78 is 27.2. The van der Waals surface area contributed by atoms with E-state index < -0.39 is 11.7 Å². The fourth-order valence-corrected chi connectivity index (χ4v) is 3.90. The monoisotopic (exact) mass is 420 g/mol. The molecule has 0 bridgehead atoms. The number of nitrogens with one attached hydrogen (secondary N) is 1. The number of anilines is 1. The van der Waals surface area contributed by atoms with Crippen LogP contribution in [-0.2, 0) is 4.79 Å². The maximum Gasteiger partial charge on any atom is 0.258 e. The zero-order chi connectivity index (χ0) is 21.0. The van der Waals surface area contributed by atoms with Crippen molar-refractivity contribution in [3.63, 3.8) is 0 Å². The highest BCUT2D eigenvalue weighted by atomic mass is 35.5. The third-order valence-corrected chi connectivity index (χ3v) is 5.54. The Hall–Kier alpha value is -2.47. The molecular formula is C22H23ClF2N2O2. The van der Waals surface area contributed by atoms with Gasteiger partial charge in [-0.05, 0) is 68.0 Å². The molecule has 154 valence electrons. The van der Waals surface area contributed by atoms with Crippen LogP contribution in [0.15, 0.2) is 36.4 Å². The second-order valence-electron chi connectivity index (χ2n) is 7.40. The van der Waals surface area contributed by atoms with E-state index in [9.17, 15) is 18.4 Å². The van der Waals surface area contributed by atoms with Gasteiger partial charge in [-0.3, -0.25) is 9.59 Å². The van der Waals surface area contributed by atoms with Gasteiger partial charge in [0.1, 0.15) is 11.6 Å². The number of aryl methyl sites for hydroxylation is 1. The van der Waals surface area contributed by atoms with Crippen LogP contribution < -0.4 is 5.32 Å². The predicted molar refractivity (Wildman–Crippen MR) is 109 cm³/mol. The molecule has 2 aromatic rings. The predicted octanol–water partition coefficient (Wildman–Crippen LogP) is 5.20. The summed E-state index contributed by atoms with van der Waals surface area (Å²) in [5.74, 6) is -1.39. The van der Waals surface area contributed by atoms with E-state index in [2.05, 4.69) is 5.32 Å². The van der Waals surface area contributed by atoms with Gasteiger partial charge in [0.05, 0.1) is 10.6 Å². The van der Waals surface area contributed by atoms with Gasteiger partial charge >= 0.3 is 0 Å². The molecule has 4 nitrogen and oxygen atoms in total. The third kappa shape index (κ3) is 5.32. The Bertz CT molecular complexity index is 899. The second-order valence-corrected chi connectivity index (χ2v) is 7.81. The summed E-state index contributed by atoms with van der Waals surface area (Å²) in [7, 11) is 0. The molecule has 1 N–H and O–H groups in total. The topological polar surface area (TPSA) is 49.4 Å². The average molecular weight is 421 g/mol. The van der Waals surface area contributed by atoms with Crippen LogP contribution in [0.2, 0.25) is 5.02 Å². The number of hydrogen-bond donors (Lipinski definition) is 1. The van der Waals surface area contributed by atoms with Crippen LogP contribution in [0.3, 0.4) is 0 Å². The van der Waals surface area contributed by atoms with Crippen molar-refractivity contribution in [2.75, 3.05) is 18.4 Å². The first-order chi connectivity index (χ1) is 13.8. The van der Waals surface area contributed by atoms with Crippen LogP contribution in [0.4, 0.5) is 14.5 Å². The van der Waals surface area contributed by atoms with Crippen LogP contribution in [0, 0.1) is 24.5 Å². The normalized spacial score (nSPS) is 16.6. The van der Waals surface area contributed by atoms with Crippen molar-refractivity contribution in [1.82, 2.24) is 4.90 Å². The Kier molecular flexibility index (Phi) is 6.85. The largest absolute Gasteiger partial charge is 0.338 e. The highest BCUT2D eigenvalue weighted by molar-refractivity contribution is 6.33. The molecule has 0 spiro atoms. The van der Waals surface area contributed by atoms with E-state index in [0.717, 1.165) is 12.8 Å². The minimum absolute atomic E-state index is 0.0978. The van der Waals surface area contributed by atoms with Crippen LogP contribution in [0.25, 0.3) is 0 Å². The molecule has 1 aliphatic heterocycles. The van der Waals surface area contributed by atoms with E-state index in [-0.39, 0.29) is 28.2 Å². The van der Waals surface area contributed by atoms with Crippen molar-refractivity contribution >= 4 is 29.1 Å². The molecule has 1 unspecified atom stereocenters. The van der Waals surface area contributed by atoms with E-state index >= 15 is 0 Å². The van der Waals surface area contributed by atoms with Crippen molar-refractivity contribution < 1.29 is 18.4 Å². The van der Waals surface area contributed by atoms with Gasteiger partial charge in [-0.1, -0.05) is 17.7 Å². The molecule has 2 aromatic carbocycles. The van der Waals surface area contributed by atoms with Gasteiger partial charge in [-0.15, -0.1) is 0 Å². The summed E-state index contributed by atoms with van der Waals surface area (Å²) in [6.45, 7) is 2.74. The smallest absolute Gasteiger partial charge is 0.258 e. The number of likely N-dealkylation sites (tertiary alicyclic amines) is 1. The Morgan fingerprint density at radius 3 is 2.76 bits per heavy atom. The second kappa shape index (κ2) is 9.35. The molecule has 1 heterocycles. The first-order valence-corrected chi connectivity index (χ1v) is 10.0. The van der Waals surface area contributed by atoms with Crippen molar-refractivity contribution in [2.24, 2.45) is 5.92 Å². The maximum atomic E-state index is 14.1. The van der Waals surface area contributed by atoms with E-state index in [1.54, 1.807) is 17.9 Å². The van der Waals surface area contributed by atoms with Gasteiger partial charge in [0.15, 0.2) is 0 Å². The fraction of sp³-hybridized carbons (Fsp3) is 0.364. The standard InChI is InChI=1S/C22H23ClF2N2O2/c1-14-12-16(24)8-9-19(14)26-20(28)10-7-15-4-3-11-27(13-15)22(29)21-17(23)5-2-6-18(21)25/h2,5-6,8-9,12,15H,3-4,7,10-11,13H2,1H3,(H,26,28). The quantitative estimate of drug-likeness (QED) is 0.722. The van der Waals surface area contributed by atoms with Crippen molar-refractivity contribution in [1.29, 1.82) is 0 Å².